The molecule has 0 bridgehead atoms. The van der Waals surface area contributed by atoms with Gasteiger partial charge in [0.25, 0.3) is 0 Å². The summed E-state index contributed by atoms with van der Waals surface area (Å²) in [6, 6.07) is 10.4. The number of ether oxygens (including phenoxy) is 1. The van der Waals surface area contributed by atoms with Crippen molar-refractivity contribution in [2.45, 2.75) is 5.03 Å². The lowest BCUT2D eigenvalue weighted by atomic mass is 9.80. The van der Waals surface area contributed by atoms with E-state index in [4.69, 9.17) is 26.4 Å². The molecule has 7 heteroatoms. The molecule has 0 fully saturated rings. The van der Waals surface area contributed by atoms with Crippen molar-refractivity contribution in [2.24, 2.45) is 0 Å². The van der Waals surface area contributed by atoms with E-state index < -0.39 is 7.12 Å². The largest absolute Gasteiger partial charge is 0.493 e. The first-order valence-corrected chi connectivity index (χ1v) is 7.35. The van der Waals surface area contributed by atoms with Gasteiger partial charge >= 0.3 is 7.12 Å². The molecule has 20 heavy (non-hydrogen) atoms. The molecule has 104 valence electrons. The first-order chi connectivity index (χ1) is 9.65. The molecule has 4 nitrogen and oxygen atoms in total. The predicted molar refractivity (Wildman–Crippen MR) is 81.7 cm³/mol. The summed E-state index contributed by atoms with van der Waals surface area (Å²) in [5.41, 5.74) is 0.412. The van der Waals surface area contributed by atoms with Crippen LogP contribution in [0.1, 0.15) is 0 Å². The maximum Gasteiger partial charge on any atom is 0.488 e. The highest BCUT2D eigenvalue weighted by Gasteiger charge is 2.10. The molecule has 0 amide bonds. The van der Waals surface area contributed by atoms with Crippen molar-refractivity contribution in [1.82, 2.24) is 4.98 Å². The summed E-state index contributed by atoms with van der Waals surface area (Å²) in [5, 5.41) is 19.6. The van der Waals surface area contributed by atoms with Gasteiger partial charge in [0, 0.05) is 11.9 Å². The molecular formula is C13H13BClNO3S. The number of hydrogen-bond acceptors (Lipinski definition) is 5. The molecule has 0 aliphatic carbocycles. The fourth-order valence-corrected chi connectivity index (χ4v) is 2.30. The van der Waals surface area contributed by atoms with Gasteiger partial charge in [-0.25, -0.2) is 4.98 Å². The van der Waals surface area contributed by atoms with Crippen molar-refractivity contribution in [3.63, 3.8) is 0 Å². The van der Waals surface area contributed by atoms with Crippen molar-refractivity contribution in [3.8, 4) is 5.75 Å². The van der Waals surface area contributed by atoms with Crippen LogP contribution in [0.15, 0.2) is 47.6 Å². The highest BCUT2D eigenvalue weighted by molar-refractivity contribution is 7.99. The molecule has 0 spiro atoms. The average molecular weight is 310 g/mol. The number of benzene rings is 1. The van der Waals surface area contributed by atoms with E-state index in [0.29, 0.717) is 22.8 Å². The van der Waals surface area contributed by atoms with Crippen LogP contribution in [0, 0.1) is 0 Å². The van der Waals surface area contributed by atoms with Crippen LogP contribution in [0.3, 0.4) is 0 Å². The minimum absolute atomic E-state index is 0.412. The van der Waals surface area contributed by atoms with Gasteiger partial charge in [-0.05, 0) is 29.7 Å². The second-order valence-corrected chi connectivity index (χ2v) is 5.51. The smallest absolute Gasteiger partial charge is 0.488 e. The third-order valence-corrected chi connectivity index (χ3v) is 3.59. The summed E-state index contributed by atoms with van der Waals surface area (Å²) < 4.78 is 5.55. The molecule has 1 heterocycles. The molecule has 2 N–H and O–H groups in total. The van der Waals surface area contributed by atoms with Crippen molar-refractivity contribution in [1.29, 1.82) is 0 Å². The van der Waals surface area contributed by atoms with Crippen LogP contribution in [0.25, 0.3) is 0 Å². The molecule has 0 saturated heterocycles. The van der Waals surface area contributed by atoms with Gasteiger partial charge in [-0.15, -0.1) is 11.8 Å². The number of hydrogen-bond donors (Lipinski definition) is 2. The lowest BCUT2D eigenvalue weighted by Gasteiger charge is -2.07. The molecule has 0 unspecified atom stereocenters. The summed E-state index contributed by atoms with van der Waals surface area (Å²) in [6.07, 6.45) is 1.61. The molecule has 2 rings (SSSR count). The molecule has 0 saturated carbocycles. The standard InChI is InChI=1S/C13H13BClNO3S/c15-11-4-5-13(16-9-11)20-7-6-19-12-3-1-2-10(8-12)14(17)18/h1-5,8-9,17-18H,6-7H2. The van der Waals surface area contributed by atoms with Crippen LogP contribution in [0.5, 0.6) is 5.75 Å². The second kappa shape index (κ2) is 7.54. The summed E-state index contributed by atoms with van der Waals surface area (Å²) in [6.45, 7) is 0.500. The van der Waals surface area contributed by atoms with E-state index in [9.17, 15) is 0 Å². The summed E-state index contributed by atoms with van der Waals surface area (Å²) in [7, 11) is -1.48. The monoisotopic (exact) mass is 309 g/mol. The Morgan fingerprint density at radius 1 is 1.25 bits per heavy atom. The van der Waals surface area contributed by atoms with E-state index in [0.717, 1.165) is 10.8 Å². The van der Waals surface area contributed by atoms with Gasteiger partial charge in [0.1, 0.15) is 5.75 Å². The second-order valence-electron chi connectivity index (χ2n) is 3.96. The first-order valence-electron chi connectivity index (χ1n) is 5.98. The molecular weight excluding hydrogens is 296 g/mol. The zero-order valence-electron chi connectivity index (χ0n) is 10.6. The van der Waals surface area contributed by atoms with Crippen molar-refractivity contribution in [3.05, 3.63) is 47.6 Å². The lowest BCUT2D eigenvalue weighted by Crippen LogP contribution is -2.29. The Kier molecular flexibility index (Phi) is 5.73. The number of nitrogens with zero attached hydrogens (tertiary/aromatic N) is 1. The van der Waals surface area contributed by atoms with Gasteiger partial charge in [0.15, 0.2) is 0 Å². The number of thioether (sulfide) groups is 1. The van der Waals surface area contributed by atoms with Gasteiger partial charge < -0.3 is 14.8 Å². The van der Waals surface area contributed by atoms with Crippen LogP contribution in [0.2, 0.25) is 5.02 Å². The Labute approximate surface area is 126 Å². The third-order valence-electron chi connectivity index (χ3n) is 2.46. The topological polar surface area (TPSA) is 62.6 Å². The fourth-order valence-electron chi connectivity index (χ4n) is 1.52. The highest BCUT2D eigenvalue weighted by atomic mass is 35.5. The van der Waals surface area contributed by atoms with Crippen molar-refractivity contribution >= 4 is 35.9 Å². The van der Waals surface area contributed by atoms with Crippen LogP contribution >= 0.6 is 23.4 Å². The Hall–Kier alpha value is -1.21. The number of aromatic nitrogens is 1. The Bertz CT molecular complexity index is 554. The van der Waals surface area contributed by atoms with Crippen LogP contribution in [-0.4, -0.2) is 34.5 Å². The minimum atomic E-state index is -1.48. The fraction of sp³-hybridized carbons (Fsp3) is 0.154. The third kappa shape index (κ3) is 4.72. The molecule has 0 aliphatic heterocycles. The normalized spacial score (nSPS) is 10.3. The first kappa shape index (κ1) is 15.2. The molecule has 1 aromatic heterocycles. The van der Waals surface area contributed by atoms with Crippen molar-refractivity contribution in [2.75, 3.05) is 12.4 Å². The van der Waals surface area contributed by atoms with E-state index in [1.54, 1.807) is 48.3 Å². The van der Waals surface area contributed by atoms with Gasteiger partial charge in [-0.1, -0.05) is 23.7 Å². The molecule has 0 radical (unpaired) electrons. The average Bonchev–Trinajstić information content (AvgIpc) is 2.46. The van der Waals surface area contributed by atoms with E-state index in [1.165, 1.54) is 0 Å². The summed E-state index contributed by atoms with van der Waals surface area (Å²) in [5.74, 6) is 1.35. The van der Waals surface area contributed by atoms with Gasteiger partial charge in [0.05, 0.1) is 16.7 Å². The molecule has 2 aromatic rings. The van der Waals surface area contributed by atoms with Crippen LogP contribution in [-0.2, 0) is 0 Å². The Morgan fingerprint density at radius 2 is 2.10 bits per heavy atom. The maximum atomic E-state index is 9.07. The summed E-state index contributed by atoms with van der Waals surface area (Å²) >= 11 is 7.32. The van der Waals surface area contributed by atoms with Crippen molar-refractivity contribution < 1.29 is 14.8 Å². The Balaban J connectivity index is 1.78. The number of rotatable bonds is 6. The van der Waals surface area contributed by atoms with Gasteiger partial charge in [-0.2, -0.15) is 0 Å². The summed E-state index contributed by atoms with van der Waals surface area (Å²) in [4.78, 5) is 4.17. The maximum absolute atomic E-state index is 9.07. The van der Waals surface area contributed by atoms with Crippen LogP contribution in [0.4, 0.5) is 0 Å². The van der Waals surface area contributed by atoms with E-state index in [2.05, 4.69) is 4.98 Å². The molecule has 0 aliphatic rings. The zero-order valence-corrected chi connectivity index (χ0v) is 12.1. The SMILES string of the molecule is OB(O)c1cccc(OCCSc2ccc(Cl)cn2)c1. The van der Waals surface area contributed by atoms with E-state index in [-0.39, 0.29) is 0 Å². The van der Waals surface area contributed by atoms with Crippen LogP contribution < -0.4 is 10.2 Å². The molecule has 0 atom stereocenters. The number of halogens is 1. The van der Waals surface area contributed by atoms with Gasteiger partial charge in [0.2, 0.25) is 0 Å². The van der Waals surface area contributed by atoms with Gasteiger partial charge in [-0.3, -0.25) is 0 Å². The van der Waals surface area contributed by atoms with E-state index in [1.807, 2.05) is 6.07 Å². The molecule has 1 aromatic carbocycles. The quantitative estimate of drug-likeness (QED) is 0.482. The number of pyridine rings is 1. The highest BCUT2D eigenvalue weighted by Crippen LogP contribution is 2.17. The van der Waals surface area contributed by atoms with E-state index >= 15 is 0 Å². The lowest BCUT2D eigenvalue weighted by molar-refractivity contribution is 0.344. The predicted octanol–water partition coefficient (Wildman–Crippen LogP) is 1.59. The minimum Gasteiger partial charge on any atom is -0.493 e. The Morgan fingerprint density at radius 3 is 2.80 bits per heavy atom. The zero-order chi connectivity index (χ0) is 14.4.